The topological polar surface area (TPSA) is 41.6 Å². The van der Waals surface area contributed by atoms with E-state index >= 15 is 0 Å². The summed E-state index contributed by atoms with van der Waals surface area (Å²) in [7, 11) is 0. The number of ether oxygens (including phenoxy) is 1. The molecule has 1 N–H and O–H groups in total. The number of carbonyl (C=O) groups excluding carboxylic acids is 1. The van der Waals surface area contributed by atoms with Gasteiger partial charge in [0.1, 0.15) is 5.75 Å². The van der Waals surface area contributed by atoms with Crippen molar-refractivity contribution < 1.29 is 9.53 Å². The first kappa shape index (κ1) is 21.3. The van der Waals surface area contributed by atoms with Gasteiger partial charge in [0.05, 0.1) is 0 Å². The Morgan fingerprint density at radius 3 is 2.44 bits per heavy atom. The van der Waals surface area contributed by atoms with Gasteiger partial charge < -0.3 is 15.0 Å². The van der Waals surface area contributed by atoms with E-state index in [1.54, 1.807) is 0 Å². The van der Waals surface area contributed by atoms with Gasteiger partial charge in [-0.3, -0.25) is 4.79 Å². The van der Waals surface area contributed by atoms with Crippen LogP contribution in [-0.2, 0) is 4.79 Å². The van der Waals surface area contributed by atoms with Gasteiger partial charge in [0.2, 0.25) is 0 Å². The number of rotatable bonds is 7. The van der Waals surface area contributed by atoms with Crippen molar-refractivity contribution in [3.05, 3.63) is 54.6 Å². The molecule has 2 aromatic carbocycles. The zero-order valence-electron chi connectivity index (χ0n) is 15.9. The van der Waals surface area contributed by atoms with Crippen molar-refractivity contribution in [3.63, 3.8) is 0 Å². The number of halogens is 1. The first-order valence-corrected chi connectivity index (χ1v) is 9.53. The van der Waals surface area contributed by atoms with Crippen molar-refractivity contribution in [1.82, 2.24) is 10.2 Å². The van der Waals surface area contributed by atoms with Crippen LogP contribution in [0.4, 0.5) is 0 Å². The van der Waals surface area contributed by atoms with Gasteiger partial charge in [-0.05, 0) is 43.5 Å². The molecular weight excluding hydrogens is 360 g/mol. The molecule has 4 nitrogen and oxygen atoms in total. The second-order valence-electron chi connectivity index (χ2n) is 6.78. The van der Waals surface area contributed by atoms with E-state index in [1.165, 1.54) is 0 Å². The second-order valence-corrected chi connectivity index (χ2v) is 6.78. The van der Waals surface area contributed by atoms with Crippen molar-refractivity contribution in [2.75, 3.05) is 32.8 Å². The molecule has 0 aromatic heterocycles. The summed E-state index contributed by atoms with van der Waals surface area (Å²) in [6, 6.07) is 18.0. The fraction of sp³-hybridized carbons (Fsp3) is 0.409. The highest BCUT2D eigenvalue weighted by Crippen LogP contribution is 2.29. The standard InChI is InChI=1S/C22H28N2O2.ClH/c1-2-23-16-18-12-14-24(15-13-18)22(25)17-26-21-11-7-6-10-20(21)19-8-4-3-5-9-19;/h3-11,18,23H,2,12-17H2,1H3;1H. The van der Waals surface area contributed by atoms with Crippen LogP contribution in [0.5, 0.6) is 5.75 Å². The number of likely N-dealkylation sites (tertiary alicyclic amines) is 1. The molecule has 1 saturated heterocycles. The molecule has 0 unspecified atom stereocenters. The minimum atomic E-state index is 0. The molecule has 5 heteroatoms. The summed E-state index contributed by atoms with van der Waals surface area (Å²) in [6.45, 7) is 5.95. The molecule has 146 valence electrons. The predicted octanol–water partition coefficient (Wildman–Crippen LogP) is 4.00. The lowest BCUT2D eigenvalue weighted by atomic mass is 9.97. The largest absolute Gasteiger partial charge is 0.483 e. The van der Waals surface area contributed by atoms with E-state index < -0.39 is 0 Å². The lowest BCUT2D eigenvalue weighted by molar-refractivity contribution is -0.134. The Labute approximate surface area is 168 Å². The maximum atomic E-state index is 12.5. The van der Waals surface area contributed by atoms with Gasteiger partial charge >= 0.3 is 0 Å². The van der Waals surface area contributed by atoms with Crippen molar-refractivity contribution in [2.45, 2.75) is 19.8 Å². The van der Waals surface area contributed by atoms with Crippen LogP contribution < -0.4 is 10.1 Å². The number of nitrogens with one attached hydrogen (secondary N) is 1. The fourth-order valence-electron chi connectivity index (χ4n) is 3.41. The van der Waals surface area contributed by atoms with Crippen LogP contribution in [0.2, 0.25) is 0 Å². The van der Waals surface area contributed by atoms with Gasteiger partial charge in [0, 0.05) is 18.7 Å². The number of benzene rings is 2. The number of nitrogens with zero attached hydrogens (tertiary/aromatic N) is 1. The van der Waals surface area contributed by atoms with Gasteiger partial charge in [-0.25, -0.2) is 0 Å². The van der Waals surface area contributed by atoms with Gasteiger partial charge in [-0.15, -0.1) is 12.4 Å². The molecule has 1 amide bonds. The van der Waals surface area contributed by atoms with Crippen molar-refractivity contribution in [1.29, 1.82) is 0 Å². The molecule has 1 aliphatic heterocycles. The number of para-hydroxylation sites is 1. The van der Waals surface area contributed by atoms with Crippen molar-refractivity contribution in [2.24, 2.45) is 5.92 Å². The maximum Gasteiger partial charge on any atom is 0.260 e. The van der Waals surface area contributed by atoms with E-state index in [9.17, 15) is 4.79 Å². The van der Waals surface area contributed by atoms with Crippen LogP contribution >= 0.6 is 12.4 Å². The summed E-state index contributed by atoms with van der Waals surface area (Å²) >= 11 is 0. The first-order valence-electron chi connectivity index (χ1n) is 9.53. The molecule has 3 rings (SSSR count). The summed E-state index contributed by atoms with van der Waals surface area (Å²) in [5, 5.41) is 3.40. The summed E-state index contributed by atoms with van der Waals surface area (Å²) in [5.74, 6) is 1.52. The van der Waals surface area contributed by atoms with Crippen molar-refractivity contribution in [3.8, 4) is 16.9 Å². The molecule has 0 spiro atoms. The van der Waals surface area contributed by atoms with Crippen LogP contribution in [0.3, 0.4) is 0 Å². The third kappa shape index (κ3) is 5.98. The Hall–Kier alpha value is -2.04. The highest BCUT2D eigenvalue weighted by Gasteiger charge is 2.22. The van der Waals surface area contributed by atoms with Gasteiger partial charge in [0.15, 0.2) is 6.61 Å². The van der Waals surface area contributed by atoms with Crippen LogP contribution in [0, 0.1) is 5.92 Å². The average molecular weight is 389 g/mol. The smallest absolute Gasteiger partial charge is 0.260 e. The van der Waals surface area contributed by atoms with E-state index in [-0.39, 0.29) is 24.9 Å². The lowest BCUT2D eigenvalue weighted by Gasteiger charge is -2.32. The Balaban J connectivity index is 0.00000261. The van der Waals surface area contributed by atoms with Crippen LogP contribution in [0.1, 0.15) is 19.8 Å². The SMILES string of the molecule is CCNCC1CCN(C(=O)COc2ccccc2-c2ccccc2)CC1.Cl. The third-order valence-electron chi connectivity index (χ3n) is 4.97. The number of hydrogen-bond donors (Lipinski definition) is 1. The van der Waals surface area contributed by atoms with E-state index in [2.05, 4.69) is 24.4 Å². The Morgan fingerprint density at radius 1 is 1.07 bits per heavy atom. The average Bonchev–Trinajstić information content (AvgIpc) is 2.71. The Kier molecular flexibility index (Phi) is 8.62. The molecule has 0 radical (unpaired) electrons. The van der Waals surface area contributed by atoms with Gasteiger partial charge in [0.25, 0.3) is 5.91 Å². The summed E-state index contributed by atoms with van der Waals surface area (Å²) < 4.78 is 5.89. The molecule has 27 heavy (non-hydrogen) atoms. The lowest BCUT2D eigenvalue weighted by Crippen LogP contribution is -2.42. The first-order chi connectivity index (χ1) is 12.8. The molecule has 1 fully saturated rings. The molecule has 0 bridgehead atoms. The van der Waals surface area contributed by atoms with E-state index in [0.717, 1.165) is 55.9 Å². The number of carbonyl (C=O) groups is 1. The Bertz CT molecular complexity index is 700. The van der Waals surface area contributed by atoms with E-state index in [1.807, 2.05) is 47.4 Å². The summed E-state index contributed by atoms with van der Waals surface area (Å²) in [4.78, 5) is 14.5. The van der Waals surface area contributed by atoms with E-state index in [0.29, 0.717) is 5.92 Å². The third-order valence-corrected chi connectivity index (χ3v) is 4.97. The minimum Gasteiger partial charge on any atom is -0.483 e. The van der Waals surface area contributed by atoms with Crippen molar-refractivity contribution >= 4 is 18.3 Å². The molecule has 0 atom stereocenters. The summed E-state index contributed by atoms with van der Waals surface area (Å²) in [6.07, 6.45) is 2.14. The van der Waals surface area contributed by atoms with Gasteiger partial charge in [-0.1, -0.05) is 55.5 Å². The monoisotopic (exact) mass is 388 g/mol. The predicted molar refractivity (Wildman–Crippen MR) is 112 cm³/mol. The number of amides is 1. The second kappa shape index (κ2) is 11.0. The Morgan fingerprint density at radius 2 is 1.74 bits per heavy atom. The highest BCUT2D eigenvalue weighted by molar-refractivity contribution is 5.85. The zero-order chi connectivity index (χ0) is 18.2. The molecular formula is C22H29ClN2O2. The van der Waals surface area contributed by atoms with Crippen LogP contribution in [-0.4, -0.2) is 43.6 Å². The van der Waals surface area contributed by atoms with Crippen LogP contribution in [0.15, 0.2) is 54.6 Å². The van der Waals surface area contributed by atoms with Gasteiger partial charge in [-0.2, -0.15) is 0 Å². The molecule has 0 saturated carbocycles. The maximum absolute atomic E-state index is 12.5. The normalized spacial score (nSPS) is 14.5. The minimum absolute atomic E-state index is 0. The molecule has 1 aliphatic rings. The number of hydrogen-bond acceptors (Lipinski definition) is 3. The fourth-order valence-corrected chi connectivity index (χ4v) is 3.41. The van der Waals surface area contributed by atoms with E-state index in [4.69, 9.17) is 4.74 Å². The highest BCUT2D eigenvalue weighted by atomic mass is 35.5. The number of piperidine rings is 1. The molecule has 0 aliphatic carbocycles. The molecule has 1 heterocycles. The zero-order valence-corrected chi connectivity index (χ0v) is 16.7. The summed E-state index contributed by atoms with van der Waals surface area (Å²) in [5.41, 5.74) is 2.12. The quantitative estimate of drug-likeness (QED) is 0.779. The molecule has 2 aromatic rings. The van der Waals surface area contributed by atoms with Crippen LogP contribution in [0.25, 0.3) is 11.1 Å².